The number of aromatic carboxylic acids is 1. The molecule has 0 aliphatic rings. The maximum atomic E-state index is 11.7. The number of rotatable bonds is 7. The number of nitrogens with one attached hydrogen (secondary N) is 1. The van der Waals surface area contributed by atoms with E-state index in [0.29, 0.717) is 0 Å². The molecule has 2 N–H and O–H groups in total. The van der Waals surface area contributed by atoms with Gasteiger partial charge in [0.15, 0.2) is 12.4 Å². The van der Waals surface area contributed by atoms with Crippen LogP contribution in [-0.2, 0) is 4.79 Å². The third-order valence-corrected chi connectivity index (χ3v) is 2.97. The van der Waals surface area contributed by atoms with Gasteiger partial charge in [-0.05, 0) is 25.5 Å². The molecule has 0 fully saturated rings. The molecule has 1 aromatic rings. The zero-order valence-corrected chi connectivity index (χ0v) is 12.2. The lowest BCUT2D eigenvalue weighted by atomic mass is 10.2. The van der Waals surface area contributed by atoms with E-state index >= 15 is 0 Å². The molecule has 1 unspecified atom stereocenters. The van der Waals surface area contributed by atoms with Gasteiger partial charge in [-0.3, -0.25) is 4.79 Å². The molecule has 1 atom stereocenters. The van der Waals surface area contributed by atoms with E-state index < -0.39 is 5.97 Å². The second kappa shape index (κ2) is 7.75. The molecule has 0 radical (unpaired) electrons. The highest BCUT2D eigenvalue weighted by Gasteiger charge is 2.16. The van der Waals surface area contributed by atoms with E-state index in [1.54, 1.807) is 0 Å². The predicted molar refractivity (Wildman–Crippen MR) is 76.4 cm³/mol. The van der Waals surface area contributed by atoms with Crippen LogP contribution in [-0.4, -0.2) is 29.6 Å². The number of hydrogen-bond donors (Lipinski definition) is 2. The zero-order chi connectivity index (χ0) is 15.1. The molecular formula is C14H18ClNO4. The van der Waals surface area contributed by atoms with E-state index in [0.717, 1.165) is 12.8 Å². The van der Waals surface area contributed by atoms with Crippen LogP contribution in [0.5, 0.6) is 5.75 Å². The number of carbonyl (C=O) groups excluding carboxylic acids is 1. The van der Waals surface area contributed by atoms with Crippen molar-refractivity contribution in [2.45, 2.75) is 32.7 Å². The quantitative estimate of drug-likeness (QED) is 0.811. The van der Waals surface area contributed by atoms with Gasteiger partial charge in [0.05, 0.1) is 5.02 Å². The highest BCUT2D eigenvalue weighted by atomic mass is 35.5. The zero-order valence-electron chi connectivity index (χ0n) is 11.5. The lowest BCUT2D eigenvalue weighted by Crippen LogP contribution is -2.36. The van der Waals surface area contributed by atoms with Gasteiger partial charge in [-0.1, -0.05) is 31.0 Å². The van der Waals surface area contributed by atoms with Crippen molar-refractivity contribution >= 4 is 23.5 Å². The second-order valence-corrected chi connectivity index (χ2v) is 4.87. The highest BCUT2D eigenvalue weighted by Crippen LogP contribution is 2.28. The van der Waals surface area contributed by atoms with Gasteiger partial charge in [0.2, 0.25) is 0 Å². The summed E-state index contributed by atoms with van der Waals surface area (Å²) in [5.74, 6) is -1.44. The third kappa shape index (κ3) is 4.74. The first-order chi connectivity index (χ1) is 9.45. The number of halogens is 1. The minimum absolute atomic E-state index is 0.0139. The molecule has 0 saturated carbocycles. The van der Waals surface area contributed by atoms with Gasteiger partial charge in [0, 0.05) is 6.04 Å². The van der Waals surface area contributed by atoms with E-state index in [9.17, 15) is 9.59 Å². The molecule has 0 heterocycles. The molecule has 1 rings (SSSR count). The number of carbonyl (C=O) groups is 2. The summed E-state index contributed by atoms with van der Waals surface area (Å²) in [5.41, 5.74) is -0.0630. The van der Waals surface area contributed by atoms with Crippen LogP contribution in [0.1, 0.15) is 37.0 Å². The minimum Gasteiger partial charge on any atom is -0.481 e. The fourth-order valence-electron chi connectivity index (χ4n) is 1.78. The maximum absolute atomic E-state index is 11.7. The first kappa shape index (κ1) is 16.3. The molecule has 20 heavy (non-hydrogen) atoms. The van der Waals surface area contributed by atoms with Crippen LogP contribution in [0.15, 0.2) is 18.2 Å². The Morgan fingerprint density at radius 3 is 2.75 bits per heavy atom. The smallest absolute Gasteiger partial charge is 0.339 e. The summed E-state index contributed by atoms with van der Waals surface area (Å²) in [6.45, 7) is 3.67. The van der Waals surface area contributed by atoms with Crippen LogP contribution in [0.4, 0.5) is 0 Å². The van der Waals surface area contributed by atoms with E-state index in [1.807, 2.05) is 13.8 Å². The summed E-state index contributed by atoms with van der Waals surface area (Å²) in [7, 11) is 0. The molecule has 6 heteroatoms. The number of hydrogen-bond acceptors (Lipinski definition) is 3. The third-order valence-electron chi connectivity index (χ3n) is 2.67. The molecule has 0 aliphatic carbocycles. The normalized spacial score (nSPS) is 11.8. The molecule has 1 aromatic carbocycles. The first-order valence-corrected chi connectivity index (χ1v) is 6.77. The lowest BCUT2D eigenvalue weighted by Gasteiger charge is -2.14. The number of carboxylic acids is 1. The Morgan fingerprint density at radius 2 is 2.15 bits per heavy atom. The number of para-hydroxylation sites is 1. The molecule has 0 spiro atoms. The van der Waals surface area contributed by atoms with Crippen LogP contribution in [0.3, 0.4) is 0 Å². The maximum Gasteiger partial charge on any atom is 0.339 e. The Hall–Kier alpha value is -1.75. The van der Waals surface area contributed by atoms with E-state index in [-0.39, 0.29) is 34.9 Å². The summed E-state index contributed by atoms with van der Waals surface area (Å²) < 4.78 is 5.25. The van der Waals surface area contributed by atoms with Crippen molar-refractivity contribution in [3.63, 3.8) is 0 Å². The number of benzene rings is 1. The van der Waals surface area contributed by atoms with Crippen molar-refractivity contribution in [1.82, 2.24) is 5.32 Å². The van der Waals surface area contributed by atoms with Crippen LogP contribution in [0.2, 0.25) is 5.02 Å². The van der Waals surface area contributed by atoms with E-state index in [1.165, 1.54) is 18.2 Å². The largest absolute Gasteiger partial charge is 0.481 e. The molecule has 0 saturated heterocycles. The Morgan fingerprint density at radius 1 is 1.45 bits per heavy atom. The molecular weight excluding hydrogens is 282 g/mol. The SMILES string of the molecule is CCCC(C)NC(=O)COc1c(Cl)cccc1C(=O)O. The number of carboxylic acid groups (broad SMARTS) is 1. The van der Waals surface area contributed by atoms with Crippen LogP contribution < -0.4 is 10.1 Å². The fraction of sp³-hybridized carbons (Fsp3) is 0.429. The monoisotopic (exact) mass is 299 g/mol. The van der Waals surface area contributed by atoms with Gasteiger partial charge >= 0.3 is 5.97 Å². The topological polar surface area (TPSA) is 75.6 Å². The lowest BCUT2D eigenvalue weighted by molar-refractivity contribution is -0.123. The highest BCUT2D eigenvalue weighted by molar-refractivity contribution is 6.32. The summed E-state index contributed by atoms with van der Waals surface area (Å²) in [4.78, 5) is 22.7. The van der Waals surface area contributed by atoms with E-state index in [2.05, 4.69) is 5.32 Å². The molecule has 5 nitrogen and oxygen atoms in total. The molecule has 0 bridgehead atoms. The van der Waals surface area contributed by atoms with Gasteiger partial charge in [-0.2, -0.15) is 0 Å². The number of amides is 1. The van der Waals surface area contributed by atoms with Crippen molar-refractivity contribution < 1.29 is 19.4 Å². The van der Waals surface area contributed by atoms with Crippen molar-refractivity contribution in [2.24, 2.45) is 0 Å². The van der Waals surface area contributed by atoms with Crippen molar-refractivity contribution in [1.29, 1.82) is 0 Å². The minimum atomic E-state index is -1.15. The fourth-order valence-corrected chi connectivity index (χ4v) is 2.01. The Bertz CT molecular complexity index is 490. The summed E-state index contributed by atoms with van der Waals surface area (Å²) >= 11 is 5.89. The van der Waals surface area contributed by atoms with Gasteiger partial charge in [-0.25, -0.2) is 4.79 Å². The van der Waals surface area contributed by atoms with Crippen LogP contribution in [0, 0.1) is 0 Å². The molecule has 0 aromatic heterocycles. The van der Waals surface area contributed by atoms with Crippen molar-refractivity contribution in [3.05, 3.63) is 28.8 Å². The second-order valence-electron chi connectivity index (χ2n) is 4.47. The summed E-state index contributed by atoms with van der Waals surface area (Å²) in [6.07, 6.45) is 1.84. The summed E-state index contributed by atoms with van der Waals surface area (Å²) in [5, 5.41) is 12.0. The average Bonchev–Trinajstić information content (AvgIpc) is 2.37. The Labute approximate surface area is 122 Å². The van der Waals surface area contributed by atoms with Crippen LogP contribution in [0.25, 0.3) is 0 Å². The first-order valence-electron chi connectivity index (χ1n) is 6.39. The molecule has 0 aliphatic heterocycles. The van der Waals surface area contributed by atoms with Crippen molar-refractivity contribution in [3.8, 4) is 5.75 Å². The van der Waals surface area contributed by atoms with Gasteiger partial charge in [0.1, 0.15) is 5.56 Å². The summed E-state index contributed by atoms with van der Waals surface area (Å²) in [6, 6.07) is 4.46. The standard InChI is InChI=1S/C14H18ClNO4/c1-3-5-9(2)16-12(17)8-20-13-10(14(18)19)6-4-7-11(13)15/h4,6-7,9H,3,5,8H2,1-2H3,(H,16,17)(H,18,19). The van der Waals surface area contributed by atoms with Gasteiger partial charge in [-0.15, -0.1) is 0 Å². The van der Waals surface area contributed by atoms with Crippen molar-refractivity contribution in [2.75, 3.05) is 6.61 Å². The Kier molecular flexibility index (Phi) is 6.31. The Balaban J connectivity index is 2.66. The van der Waals surface area contributed by atoms with Gasteiger partial charge < -0.3 is 15.2 Å². The molecule has 1 amide bonds. The van der Waals surface area contributed by atoms with Gasteiger partial charge in [0.25, 0.3) is 5.91 Å². The number of ether oxygens (including phenoxy) is 1. The van der Waals surface area contributed by atoms with E-state index in [4.69, 9.17) is 21.4 Å². The van der Waals surface area contributed by atoms with Crippen LogP contribution >= 0.6 is 11.6 Å². The average molecular weight is 300 g/mol. The predicted octanol–water partition coefficient (Wildman–Crippen LogP) is 2.72. The molecule has 110 valence electrons.